The van der Waals surface area contributed by atoms with E-state index >= 15 is 0 Å². The van der Waals surface area contributed by atoms with E-state index in [1.54, 1.807) is 36.5 Å². The average Bonchev–Trinajstić information content (AvgIpc) is 3.25. The van der Waals surface area contributed by atoms with Gasteiger partial charge in [-0.05, 0) is 31.4 Å². The summed E-state index contributed by atoms with van der Waals surface area (Å²) in [5, 5.41) is 6.54. The van der Waals surface area contributed by atoms with Gasteiger partial charge < -0.3 is 14.2 Å². The molecule has 1 atom stereocenters. The van der Waals surface area contributed by atoms with Crippen LogP contribution >= 0.6 is 0 Å². The highest BCUT2D eigenvalue weighted by Gasteiger charge is 2.35. The Morgan fingerprint density at radius 3 is 3.00 bits per heavy atom. The van der Waals surface area contributed by atoms with Crippen molar-refractivity contribution in [2.75, 3.05) is 18.5 Å². The van der Waals surface area contributed by atoms with E-state index in [0.717, 1.165) is 12.8 Å². The topological polar surface area (TPSA) is 82.4 Å². The zero-order valence-electron chi connectivity index (χ0n) is 12.4. The van der Waals surface area contributed by atoms with E-state index in [9.17, 15) is 9.59 Å². The molecule has 0 spiro atoms. The molecular weight excluding hydrogens is 284 g/mol. The van der Waals surface area contributed by atoms with Crippen molar-refractivity contribution in [2.45, 2.75) is 25.3 Å². The van der Waals surface area contributed by atoms with Crippen LogP contribution in [0.3, 0.4) is 0 Å². The molecule has 7 heteroatoms. The first-order chi connectivity index (χ1) is 10.7. The summed E-state index contributed by atoms with van der Waals surface area (Å²) < 4.78 is 5.18. The third kappa shape index (κ3) is 2.61. The van der Waals surface area contributed by atoms with Gasteiger partial charge in [-0.25, -0.2) is 0 Å². The number of aromatic nitrogens is 2. The molecule has 1 fully saturated rings. The molecule has 3 rings (SSSR count). The van der Waals surface area contributed by atoms with Crippen molar-refractivity contribution in [3.8, 4) is 0 Å². The summed E-state index contributed by atoms with van der Waals surface area (Å²) in [4.78, 5) is 28.4. The Morgan fingerprint density at radius 2 is 2.32 bits per heavy atom. The molecule has 0 aromatic carbocycles. The van der Waals surface area contributed by atoms with E-state index in [2.05, 4.69) is 10.2 Å². The van der Waals surface area contributed by atoms with Crippen LogP contribution in [0, 0.1) is 0 Å². The van der Waals surface area contributed by atoms with Crippen molar-refractivity contribution >= 4 is 17.5 Å². The second-order valence-electron chi connectivity index (χ2n) is 5.34. The highest BCUT2D eigenvalue weighted by Crippen LogP contribution is 2.23. The number of anilines is 1. The number of rotatable bonds is 3. The number of nitrogens with zero attached hydrogens (tertiary/aromatic N) is 3. The fourth-order valence-electron chi connectivity index (χ4n) is 2.75. The van der Waals surface area contributed by atoms with E-state index in [4.69, 9.17) is 4.42 Å². The number of carbonyl (C=O) groups excluding carboxylic acids is 2. The zero-order chi connectivity index (χ0) is 15.5. The standard InChI is InChI=1S/C15H18N4O3/c1-18(11-9-16-17-10-11)14(20)12-5-2-3-7-19(12)15(21)13-6-4-8-22-13/h4,6,8-10,12H,2-3,5,7H2,1H3,(H,16,17). The Kier molecular flexibility index (Phi) is 3.95. The lowest BCUT2D eigenvalue weighted by molar-refractivity contribution is -0.123. The summed E-state index contributed by atoms with van der Waals surface area (Å²) in [5.41, 5.74) is 0.681. The monoisotopic (exact) mass is 302 g/mol. The highest BCUT2D eigenvalue weighted by atomic mass is 16.3. The number of aromatic amines is 1. The Labute approximate surface area is 127 Å². The number of likely N-dealkylation sites (N-methyl/N-ethyl adjacent to an activating group) is 1. The first kappa shape index (κ1) is 14.4. The van der Waals surface area contributed by atoms with Gasteiger partial charge in [-0.3, -0.25) is 14.7 Å². The van der Waals surface area contributed by atoms with Gasteiger partial charge in [0.1, 0.15) is 6.04 Å². The summed E-state index contributed by atoms with van der Waals surface area (Å²) in [6.07, 6.45) is 7.18. The molecule has 1 N–H and O–H groups in total. The maximum atomic E-state index is 12.7. The molecule has 1 unspecified atom stereocenters. The van der Waals surface area contributed by atoms with Crippen LogP contribution in [-0.2, 0) is 4.79 Å². The third-order valence-corrected chi connectivity index (χ3v) is 3.98. The van der Waals surface area contributed by atoms with Crippen molar-refractivity contribution in [3.63, 3.8) is 0 Å². The van der Waals surface area contributed by atoms with E-state index < -0.39 is 6.04 Å². The molecule has 116 valence electrons. The van der Waals surface area contributed by atoms with Gasteiger partial charge in [-0.1, -0.05) is 0 Å². The predicted molar refractivity (Wildman–Crippen MR) is 79.4 cm³/mol. The van der Waals surface area contributed by atoms with Crippen LogP contribution in [-0.4, -0.2) is 46.5 Å². The third-order valence-electron chi connectivity index (χ3n) is 3.98. The largest absolute Gasteiger partial charge is 0.459 e. The van der Waals surface area contributed by atoms with Crippen LogP contribution < -0.4 is 4.90 Å². The average molecular weight is 302 g/mol. The number of amides is 2. The summed E-state index contributed by atoms with van der Waals surface area (Å²) >= 11 is 0. The van der Waals surface area contributed by atoms with Crippen molar-refractivity contribution in [2.24, 2.45) is 0 Å². The number of nitrogens with one attached hydrogen (secondary N) is 1. The highest BCUT2D eigenvalue weighted by molar-refractivity contribution is 6.01. The molecule has 1 aliphatic rings. The van der Waals surface area contributed by atoms with Gasteiger partial charge >= 0.3 is 0 Å². The number of H-pyrrole nitrogens is 1. The van der Waals surface area contributed by atoms with E-state index in [0.29, 0.717) is 18.7 Å². The fraction of sp³-hybridized carbons (Fsp3) is 0.400. The van der Waals surface area contributed by atoms with E-state index in [1.165, 1.54) is 11.2 Å². The quantitative estimate of drug-likeness (QED) is 0.934. The van der Waals surface area contributed by atoms with Crippen LogP contribution in [0.4, 0.5) is 5.69 Å². The first-order valence-corrected chi connectivity index (χ1v) is 7.29. The Hall–Kier alpha value is -2.57. The lowest BCUT2D eigenvalue weighted by atomic mass is 10.0. The van der Waals surface area contributed by atoms with Gasteiger partial charge in [0, 0.05) is 19.8 Å². The second kappa shape index (κ2) is 6.05. The molecule has 1 aliphatic heterocycles. The molecule has 0 aliphatic carbocycles. The number of piperidine rings is 1. The first-order valence-electron chi connectivity index (χ1n) is 7.29. The smallest absolute Gasteiger partial charge is 0.290 e. The molecule has 0 saturated carbocycles. The van der Waals surface area contributed by atoms with Crippen LogP contribution in [0.2, 0.25) is 0 Å². The Bertz CT molecular complexity index is 636. The molecule has 0 radical (unpaired) electrons. The normalized spacial score (nSPS) is 18.2. The van der Waals surface area contributed by atoms with Gasteiger partial charge in [0.05, 0.1) is 18.1 Å². The van der Waals surface area contributed by atoms with Crippen molar-refractivity contribution in [3.05, 3.63) is 36.5 Å². The molecule has 2 amide bonds. The summed E-state index contributed by atoms with van der Waals surface area (Å²) in [6.45, 7) is 0.565. The van der Waals surface area contributed by atoms with Crippen LogP contribution in [0.5, 0.6) is 0 Å². The summed E-state index contributed by atoms with van der Waals surface area (Å²) in [7, 11) is 1.69. The van der Waals surface area contributed by atoms with Gasteiger partial charge in [-0.15, -0.1) is 0 Å². The minimum Gasteiger partial charge on any atom is -0.459 e. The molecule has 2 aromatic heterocycles. The van der Waals surface area contributed by atoms with Crippen LogP contribution in [0.15, 0.2) is 35.2 Å². The van der Waals surface area contributed by atoms with Crippen molar-refractivity contribution in [1.82, 2.24) is 15.1 Å². The number of furan rings is 1. The van der Waals surface area contributed by atoms with Gasteiger partial charge in [-0.2, -0.15) is 5.10 Å². The number of hydrogen-bond acceptors (Lipinski definition) is 4. The summed E-state index contributed by atoms with van der Waals surface area (Å²) in [6, 6.07) is 2.83. The van der Waals surface area contributed by atoms with E-state index in [-0.39, 0.29) is 17.6 Å². The lowest BCUT2D eigenvalue weighted by Crippen LogP contribution is -2.52. The lowest BCUT2D eigenvalue weighted by Gasteiger charge is -2.36. The maximum absolute atomic E-state index is 12.7. The Morgan fingerprint density at radius 1 is 1.45 bits per heavy atom. The molecule has 0 bridgehead atoms. The zero-order valence-corrected chi connectivity index (χ0v) is 12.4. The molecule has 3 heterocycles. The molecular formula is C15H18N4O3. The number of carbonyl (C=O) groups is 2. The number of hydrogen-bond donors (Lipinski definition) is 1. The van der Waals surface area contributed by atoms with Gasteiger partial charge in [0.15, 0.2) is 5.76 Å². The maximum Gasteiger partial charge on any atom is 0.290 e. The predicted octanol–water partition coefficient (Wildman–Crippen LogP) is 1.66. The molecule has 22 heavy (non-hydrogen) atoms. The van der Waals surface area contributed by atoms with Gasteiger partial charge in [0.2, 0.25) is 5.91 Å². The minimum atomic E-state index is -0.466. The Balaban J connectivity index is 1.80. The fourth-order valence-corrected chi connectivity index (χ4v) is 2.75. The second-order valence-corrected chi connectivity index (χ2v) is 5.34. The molecule has 2 aromatic rings. The number of likely N-dealkylation sites (tertiary alicyclic amines) is 1. The van der Waals surface area contributed by atoms with Crippen LogP contribution in [0.1, 0.15) is 29.8 Å². The van der Waals surface area contributed by atoms with Crippen molar-refractivity contribution in [1.29, 1.82) is 0 Å². The molecule has 1 saturated heterocycles. The summed E-state index contributed by atoms with van der Waals surface area (Å²) in [5.74, 6) is -0.0738. The SMILES string of the molecule is CN(C(=O)C1CCCCN1C(=O)c1ccco1)c1cn[nH]c1. The molecule has 7 nitrogen and oxygen atoms in total. The minimum absolute atomic E-state index is 0.110. The van der Waals surface area contributed by atoms with Gasteiger partial charge in [0.25, 0.3) is 5.91 Å². The van der Waals surface area contributed by atoms with E-state index in [1.807, 2.05) is 0 Å². The van der Waals surface area contributed by atoms with Crippen molar-refractivity contribution < 1.29 is 14.0 Å². The van der Waals surface area contributed by atoms with Crippen LogP contribution in [0.25, 0.3) is 0 Å².